The van der Waals surface area contributed by atoms with Crippen LogP contribution in [0.5, 0.6) is 0 Å². The molecule has 0 saturated carbocycles. The Morgan fingerprint density at radius 2 is 2.29 bits per heavy atom. The van der Waals surface area contributed by atoms with Crippen molar-refractivity contribution in [3.8, 4) is 0 Å². The Balaban J connectivity index is 1.94. The fourth-order valence-corrected chi connectivity index (χ4v) is 3.03. The minimum Gasteiger partial charge on any atom is -0.315 e. The van der Waals surface area contributed by atoms with E-state index in [9.17, 15) is 0 Å². The number of likely N-dealkylation sites (N-methyl/N-ethyl adjacent to an activating group) is 1. The molecule has 1 saturated heterocycles. The molecule has 1 aliphatic heterocycles. The highest BCUT2D eigenvalue weighted by atomic mass is 32.2. The van der Waals surface area contributed by atoms with E-state index in [-0.39, 0.29) is 0 Å². The van der Waals surface area contributed by atoms with Gasteiger partial charge < -0.3 is 10.2 Å². The van der Waals surface area contributed by atoms with Gasteiger partial charge in [-0.15, -0.1) is 0 Å². The summed E-state index contributed by atoms with van der Waals surface area (Å²) in [5.74, 6) is 2.70. The van der Waals surface area contributed by atoms with Gasteiger partial charge >= 0.3 is 0 Å². The molecule has 0 radical (unpaired) electrons. The second-order valence-electron chi connectivity index (χ2n) is 4.10. The van der Waals surface area contributed by atoms with Crippen molar-refractivity contribution in [2.75, 3.05) is 38.2 Å². The molecule has 1 N–H and O–H groups in total. The van der Waals surface area contributed by atoms with Crippen LogP contribution < -0.4 is 5.32 Å². The lowest BCUT2D eigenvalue weighted by molar-refractivity contribution is 0.262. The van der Waals surface area contributed by atoms with Crippen LogP contribution >= 0.6 is 11.8 Å². The largest absolute Gasteiger partial charge is 0.315 e. The molecular weight excluding hydrogens is 192 g/mol. The molecule has 1 unspecified atom stereocenters. The zero-order valence-corrected chi connectivity index (χ0v) is 10.4. The van der Waals surface area contributed by atoms with Crippen LogP contribution in [-0.4, -0.2) is 49.1 Å². The van der Waals surface area contributed by atoms with Crippen molar-refractivity contribution in [2.24, 2.45) is 0 Å². The Hall–Kier alpha value is 0.270. The third-order valence-electron chi connectivity index (χ3n) is 2.88. The molecule has 1 rings (SSSR count). The number of hydrogen-bond donors (Lipinski definition) is 1. The molecule has 0 aromatic heterocycles. The lowest BCUT2D eigenvalue weighted by Crippen LogP contribution is -2.37. The summed E-state index contributed by atoms with van der Waals surface area (Å²) in [5, 5.41) is 3.49. The first kappa shape index (κ1) is 12.3. The molecule has 0 aliphatic carbocycles. The van der Waals surface area contributed by atoms with Gasteiger partial charge in [0.25, 0.3) is 0 Å². The number of rotatable bonds is 7. The van der Waals surface area contributed by atoms with E-state index in [1.807, 2.05) is 0 Å². The highest BCUT2D eigenvalue weighted by Crippen LogP contribution is 2.20. The molecule has 0 aromatic carbocycles. The maximum atomic E-state index is 3.49. The van der Waals surface area contributed by atoms with Gasteiger partial charge in [0.05, 0.1) is 0 Å². The zero-order valence-electron chi connectivity index (χ0n) is 9.59. The average molecular weight is 216 g/mol. The van der Waals surface area contributed by atoms with Gasteiger partial charge in [0.2, 0.25) is 0 Å². The monoisotopic (exact) mass is 216 g/mol. The summed E-state index contributed by atoms with van der Waals surface area (Å²) in [4.78, 5) is 2.51. The van der Waals surface area contributed by atoms with Gasteiger partial charge in [0.15, 0.2) is 0 Å². The van der Waals surface area contributed by atoms with Crippen LogP contribution in [0.4, 0.5) is 0 Å². The Morgan fingerprint density at radius 1 is 1.43 bits per heavy atom. The predicted octanol–water partition coefficient (Wildman–Crippen LogP) is 1.81. The number of thioether (sulfide) groups is 1. The maximum Gasteiger partial charge on any atom is 0.0191 e. The summed E-state index contributed by atoms with van der Waals surface area (Å²) in [6.07, 6.45) is 3.99. The van der Waals surface area contributed by atoms with Gasteiger partial charge in [-0.1, -0.05) is 13.3 Å². The number of nitrogens with one attached hydrogen (secondary N) is 1. The third kappa shape index (κ3) is 4.67. The Bertz CT molecular complexity index is 135. The van der Waals surface area contributed by atoms with Gasteiger partial charge in [-0.05, 0) is 32.2 Å². The fourth-order valence-electron chi connectivity index (χ4n) is 1.73. The summed E-state index contributed by atoms with van der Waals surface area (Å²) in [6, 6.07) is 0.841. The van der Waals surface area contributed by atoms with E-state index in [2.05, 4.69) is 35.9 Å². The minimum absolute atomic E-state index is 0.841. The summed E-state index contributed by atoms with van der Waals surface area (Å²) in [7, 11) is 2.26. The van der Waals surface area contributed by atoms with Crippen LogP contribution in [0.2, 0.25) is 0 Å². The lowest BCUT2D eigenvalue weighted by atomic mass is 10.2. The van der Waals surface area contributed by atoms with Crippen molar-refractivity contribution in [3.05, 3.63) is 0 Å². The topological polar surface area (TPSA) is 15.3 Å². The second-order valence-corrected chi connectivity index (χ2v) is 5.25. The molecule has 2 nitrogen and oxygen atoms in total. The summed E-state index contributed by atoms with van der Waals surface area (Å²) >= 11 is 2.10. The van der Waals surface area contributed by atoms with E-state index < -0.39 is 0 Å². The van der Waals surface area contributed by atoms with E-state index in [0.717, 1.165) is 12.6 Å². The molecule has 0 spiro atoms. The van der Waals surface area contributed by atoms with E-state index in [0.29, 0.717) is 0 Å². The highest BCUT2D eigenvalue weighted by molar-refractivity contribution is 7.99. The Morgan fingerprint density at radius 3 is 2.93 bits per heavy atom. The lowest BCUT2D eigenvalue weighted by Gasteiger charge is -2.23. The van der Waals surface area contributed by atoms with Crippen molar-refractivity contribution in [2.45, 2.75) is 32.2 Å². The first-order chi connectivity index (χ1) is 6.84. The molecule has 1 heterocycles. The van der Waals surface area contributed by atoms with E-state index >= 15 is 0 Å². The van der Waals surface area contributed by atoms with Crippen LogP contribution in [0.15, 0.2) is 0 Å². The van der Waals surface area contributed by atoms with Crippen LogP contribution in [0.25, 0.3) is 0 Å². The van der Waals surface area contributed by atoms with Gasteiger partial charge in [-0.25, -0.2) is 0 Å². The van der Waals surface area contributed by atoms with Crippen molar-refractivity contribution >= 4 is 11.8 Å². The molecule has 0 aromatic rings. The zero-order chi connectivity index (χ0) is 10.2. The average Bonchev–Trinajstić information content (AvgIpc) is 2.70. The first-order valence-electron chi connectivity index (χ1n) is 5.83. The van der Waals surface area contributed by atoms with Gasteiger partial charge in [0.1, 0.15) is 0 Å². The standard InChI is InChI=1S/C11H24N2S/c1-3-4-6-12-7-8-13(2)11-5-9-14-10-11/h11-12H,3-10H2,1-2H3. The second kappa shape index (κ2) is 7.55. The van der Waals surface area contributed by atoms with Crippen molar-refractivity contribution < 1.29 is 0 Å². The molecule has 1 aliphatic rings. The highest BCUT2D eigenvalue weighted by Gasteiger charge is 2.18. The Kier molecular flexibility index (Phi) is 6.65. The van der Waals surface area contributed by atoms with Gasteiger partial charge in [-0.3, -0.25) is 0 Å². The number of nitrogens with zero attached hydrogens (tertiary/aromatic N) is 1. The van der Waals surface area contributed by atoms with E-state index in [4.69, 9.17) is 0 Å². The van der Waals surface area contributed by atoms with Gasteiger partial charge in [0, 0.05) is 24.9 Å². The van der Waals surface area contributed by atoms with Crippen LogP contribution in [-0.2, 0) is 0 Å². The SMILES string of the molecule is CCCCNCCN(C)C1CCSC1. The molecular formula is C11H24N2S. The van der Waals surface area contributed by atoms with Crippen LogP contribution in [0.3, 0.4) is 0 Å². The van der Waals surface area contributed by atoms with Crippen molar-refractivity contribution in [3.63, 3.8) is 0 Å². The van der Waals surface area contributed by atoms with Crippen LogP contribution in [0, 0.1) is 0 Å². The summed E-state index contributed by atoms with van der Waals surface area (Å²) in [5.41, 5.74) is 0. The summed E-state index contributed by atoms with van der Waals surface area (Å²) < 4.78 is 0. The molecule has 3 heteroatoms. The molecule has 84 valence electrons. The normalized spacial score (nSPS) is 22.1. The predicted molar refractivity (Wildman–Crippen MR) is 66.1 cm³/mol. The quantitative estimate of drug-likeness (QED) is 0.654. The van der Waals surface area contributed by atoms with E-state index in [1.54, 1.807) is 0 Å². The number of hydrogen-bond acceptors (Lipinski definition) is 3. The Labute approximate surface area is 92.8 Å². The molecule has 1 fully saturated rings. The molecule has 0 amide bonds. The van der Waals surface area contributed by atoms with E-state index in [1.165, 1.54) is 43.9 Å². The van der Waals surface area contributed by atoms with Crippen molar-refractivity contribution in [1.82, 2.24) is 10.2 Å². The van der Waals surface area contributed by atoms with Crippen molar-refractivity contribution in [1.29, 1.82) is 0 Å². The first-order valence-corrected chi connectivity index (χ1v) is 6.98. The molecule has 14 heavy (non-hydrogen) atoms. The fraction of sp³-hybridized carbons (Fsp3) is 1.00. The molecule has 1 atom stereocenters. The summed E-state index contributed by atoms with van der Waals surface area (Å²) in [6.45, 7) is 5.78. The van der Waals surface area contributed by atoms with Crippen LogP contribution in [0.1, 0.15) is 26.2 Å². The number of unbranched alkanes of at least 4 members (excludes halogenated alkanes) is 1. The minimum atomic E-state index is 0.841. The smallest absolute Gasteiger partial charge is 0.0191 e. The molecule has 0 bridgehead atoms. The van der Waals surface area contributed by atoms with Gasteiger partial charge in [-0.2, -0.15) is 11.8 Å². The maximum absolute atomic E-state index is 3.49. The third-order valence-corrected chi connectivity index (χ3v) is 4.02.